The van der Waals surface area contributed by atoms with Crippen molar-refractivity contribution in [1.82, 2.24) is 0 Å². The molecule has 3 rings (SSSR count). The zero-order chi connectivity index (χ0) is 10.8. The van der Waals surface area contributed by atoms with Crippen molar-refractivity contribution >= 4 is 11.4 Å². The fraction of sp³-hybridized carbons (Fsp3) is 0.571. The minimum absolute atomic E-state index is 0.904. The predicted molar refractivity (Wildman–Crippen MR) is 69.1 cm³/mol. The summed E-state index contributed by atoms with van der Waals surface area (Å²) in [6.07, 6.45) is 6.86. The third-order valence-corrected chi connectivity index (χ3v) is 3.89. The van der Waals surface area contributed by atoms with Gasteiger partial charge in [-0.05, 0) is 42.9 Å². The number of benzene rings is 1. The lowest BCUT2D eigenvalue weighted by atomic mass is 10.1. The molecule has 0 unspecified atom stereocenters. The van der Waals surface area contributed by atoms with Crippen molar-refractivity contribution in [1.29, 1.82) is 0 Å². The molecule has 2 nitrogen and oxygen atoms in total. The van der Waals surface area contributed by atoms with E-state index in [0.29, 0.717) is 0 Å². The van der Waals surface area contributed by atoms with Gasteiger partial charge in [0.05, 0.1) is 0 Å². The normalized spacial score (nSPS) is 19.5. The van der Waals surface area contributed by atoms with Crippen LogP contribution in [0.2, 0.25) is 0 Å². The summed E-state index contributed by atoms with van der Waals surface area (Å²) in [7, 11) is 0. The summed E-state index contributed by atoms with van der Waals surface area (Å²) in [6, 6.07) is 6.74. The van der Waals surface area contributed by atoms with E-state index in [9.17, 15) is 0 Å². The third-order valence-electron chi connectivity index (χ3n) is 3.89. The van der Waals surface area contributed by atoms with Gasteiger partial charge >= 0.3 is 0 Å². The van der Waals surface area contributed by atoms with E-state index in [4.69, 9.17) is 0 Å². The van der Waals surface area contributed by atoms with Crippen LogP contribution in [0.3, 0.4) is 0 Å². The molecule has 0 saturated heterocycles. The molecule has 1 fully saturated rings. The SMILES string of the molecule is c1cc2c(cc1NCC1CCCC1)NCC2. The predicted octanol–water partition coefficient (Wildman–Crippen LogP) is 3.26. The monoisotopic (exact) mass is 216 g/mol. The molecule has 1 aliphatic heterocycles. The average molecular weight is 216 g/mol. The molecular weight excluding hydrogens is 196 g/mol. The Balaban J connectivity index is 1.61. The van der Waals surface area contributed by atoms with Gasteiger partial charge in [-0.3, -0.25) is 0 Å². The molecule has 0 amide bonds. The van der Waals surface area contributed by atoms with Crippen molar-refractivity contribution in [2.45, 2.75) is 32.1 Å². The van der Waals surface area contributed by atoms with E-state index in [1.54, 1.807) is 0 Å². The minimum Gasteiger partial charge on any atom is -0.385 e. The number of anilines is 2. The molecule has 86 valence electrons. The Hall–Kier alpha value is -1.18. The molecule has 2 aliphatic rings. The van der Waals surface area contributed by atoms with E-state index >= 15 is 0 Å². The number of fused-ring (bicyclic) bond motifs is 1. The van der Waals surface area contributed by atoms with Crippen LogP contribution in [0.4, 0.5) is 11.4 Å². The second-order valence-electron chi connectivity index (χ2n) is 5.08. The highest BCUT2D eigenvalue weighted by Crippen LogP contribution is 2.28. The zero-order valence-electron chi connectivity index (χ0n) is 9.76. The number of hydrogen-bond acceptors (Lipinski definition) is 2. The van der Waals surface area contributed by atoms with Crippen LogP contribution < -0.4 is 10.6 Å². The minimum atomic E-state index is 0.904. The topological polar surface area (TPSA) is 24.1 Å². The van der Waals surface area contributed by atoms with Gasteiger partial charge in [0.1, 0.15) is 0 Å². The van der Waals surface area contributed by atoms with E-state index in [1.165, 1.54) is 49.0 Å². The summed E-state index contributed by atoms with van der Waals surface area (Å²) in [6.45, 7) is 2.25. The van der Waals surface area contributed by atoms with E-state index in [0.717, 1.165) is 19.0 Å². The molecule has 0 radical (unpaired) electrons. The molecule has 1 aliphatic carbocycles. The van der Waals surface area contributed by atoms with E-state index in [-0.39, 0.29) is 0 Å². The van der Waals surface area contributed by atoms with Crippen LogP contribution >= 0.6 is 0 Å². The Labute approximate surface area is 97.4 Å². The maximum atomic E-state index is 3.58. The lowest BCUT2D eigenvalue weighted by Crippen LogP contribution is -2.10. The summed E-state index contributed by atoms with van der Waals surface area (Å²) >= 11 is 0. The first-order chi connectivity index (χ1) is 7.92. The van der Waals surface area contributed by atoms with Crippen LogP contribution in [0.15, 0.2) is 18.2 Å². The van der Waals surface area contributed by atoms with Gasteiger partial charge in [0.15, 0.2) is 0 Å². The first kappa shape index (κ1) is 10.0. The second kappa shape index (κ2) is 4.36. The largest absolute Gasteiger partial charge is 0.385 e. The van der Waals surface area contributed by atoms with Crippen LogP contribution in [-0.2, 0) is 6.42 Å². The highest BCUT2D eigenvalue weighted by molar-refractivity contribution is 5.63. The first-order valence-corrected chi connectivity index (χ1v) is 6.52. The van der Waals surface area contributed by atoms with E-state index < -0.39 is 0 Å². The molecular formula is C14H20N2. The highest BCUT2D eigenvalue weighted by atomic mass is 14.9. The Morgan fingerprint density at radius 1 is 1.25 bits per heavy atom. The number of rotatable bonds is 3. The van der Waals surface area contributed by atoms with Gasteiger partial charge in [-0.25, -0.2) is 0 Å². The Morgan fingerprint density at radius 2 is 2.12 bits per heavy atom. The van der Waals surface area contributed by atoms with Crippen molar-refractivity contribution in [3.8, 4) is 0 Å². The van der Waals surface area contributed by atoms with Gasteiger partial charge in [0.2, 0.25) is 0 Å². The standard InChI is InChI=1S/C14H20N2/c1-2-4-11(3-1)10-16-13-6-5-12-7-8-15-14(12)9-13/h5-6,9,11,15-16H,1-4,7-8,10H2. The third kappa shape index (κ3) is 2.01. The van der Waals surface area contributed by atoms with Crippen molar-refractivity contribution in [3.63, 3.8) is 0 Å². The lowest BCUT2D eigenvalue weighted by molar-refractivity contribution is 0.580. The van der Waals surface area contributed by atoms with Crippen molar-refractivity contribution in [2.24, 2.45) is 5.92 Å². The molecule has 1 aromatic carbocycles. The molecule has 0 atom stereocenters. The van der Waals surface area contributed by atoms with E-state index in [2.05, 4.69) is 28.8 Å². The molecule has 0 spiro atoms. The maximum absolute atomic E-state index is 3.58. The smallest absolute Gasteiger partial charge is 0.0394 e. The molecule has 2 N–H and O–H groups in total. The molecule has 0 aromatic heterocycles. The van der Waals surface area contributed by atoms with Crippen LogP contribution in [0, 0.1) is 5.92 Å². The molecule has 16 heavy (non-hydrogen) atoms. The summed E-state index contributed by atoms with van der Waals surface area (Å²) in [5.41, 5.74) is 4.07. The Bertz CT molecular complexity index is 367. The summed E-state index contributed by atoms with van der Waals surface area (Å²) in [4.78, 5) is 0. The van der Waals surface area contributed by atoms with Crippen LogP contribution in [0.1, 0.15) is 31.2 Å². The maximum Gasteiger partial charge on any atom is 0.0394 e. The van der Waals surface area contributed by atoms with Crippen molar-refractivity contribution < 1.29 is 0 Å². The Kier molecular flexibility index (Phi) is 2.73. The number of hydrogen-bond donors (Lipinski definition) is 2. The first-order valence-electron chi connectivity index (χ1n) is 6.52. The average Bonchev–Trinajstić information content (AvgIpc) is 2.97. The fourth-order valence-electron chi connectivity index (χ4n) is 2.88. The van der Waals surface area contributed by atoms with Gasteiger partial charge in [0, 0.05) is 24.5 Å². The molecule has 1 aromatic rings. The second-order valence-corrected chi connectivity index (χ2v) is 5.08. The molecule has 1 heterocycles. The van der Waals surface area contributed by atoms with Gasteiger partial charge in [-0.1, -0.05) is 18.9 Å². The summed E-state index contributed by atoms with van der Waals surface area (Å²) in [5, 5.41) is 7.00. The van der Waals surface area contributed by atoms with Gasteiger partial charge in [-0.2, -0.15) is 0 Å². The van der Waals surface area contributed by atoms with Crippen molar-refractivity contribution in [2.75, 3.05) is 23.7 Å². The van der Waals surface area contributed by atoms with Gasteiger partial charge < -0.3 is 10.6 Å². The zero-order valence-corrected chi connectivity index (χ0v) is 9.76. The van der Waals surface area contributed by atoms with Crippen LogP contribution in [-0.4, -0.2) is 13.1 Å². The van der Waals surface area contributed by atoms with E-state index in [1.807, 2.05) is 0 Å². The molecule has 0 bridgehead atoms. The fourth-order valence-corrected chi connectivity index (χ4v) is 2.88. The van der Waals surface area contributed by atoms with Gasteiger partial charge in [0.25, 0.3) is 0 Å². The molecule has 1 saturated carbocycles. The van der Waals surface area contributed by atoms with Crippen LogP contribution in [0.5, 0.6) is 0 Å². The quantitative estimate of drug-likeness (QED) is 0.810. The summed E-state index contributed by atoms with van der Waals surface area (Å²) in [5.74, 6) is 0.904. The summed E-state index contributed by atoms with van der Waals surface area (Å²) < 4.78 is 0. The lowest BCUT2D eigenvalue weighted by Gasteiger charge is -2.12. The molecule has 2 heteroatoms. The number of nitrogens with one attached hydrogen (secondary N) is 2. The highest BCUT2D eigenvalue weighted by Gasteiger charge is 2.15. The van der Waals surface area contributed by atoms with Crippen molar-refractivity contribution in [3.05, 3.63) is 23.8 Å². The Morgan fingerprint density at radius 3 is 3.00 bits per heavy atom. The van der Waals surface area contributed by atoms with Gasteiger partial charge in [-0.15, -0.1) is 0 Å². The van der Waals surface area contributed by atoms with Crippen LogP contribution in [0.25, 0.3) is 0 Å².